The van der Waals surface area contributed by atoms with E-state index in [2.05, 4.69) is 0 Å². The number of hydrogen-bond acceptors (Lipinski definition) is 7. The van der Waals surface area contributed by atoms with Crippen molar-refractivity contribution in [3.63, 3.8) is 0 Å². The van der Waals surface area contributed by atoms with E-state index in [1.165, 1.54) is 31.2 Å². The number of unbranched alkanes of at least 4 members (excludes halogenated alkanes) is 2. The summed E-state index contributed by atoms with van der Waals surface area (Å²) in [5, 5.41) is 0. The van der Waals surface area contributed by atoms with E-state index in [1.807, 2.05) is 13.8 Å². The first-order valence-corrected chi connectivity index (χ1v) is 13.5. The van der Waals surface area contributed by atoms with Crippen LogP contribution in [0.5, 0.6) is 17.2 Å². The topological polar surface area (TPSA) is 80.3 Å². The van der Waals surface area contributed by atoms with Crippen LogP contribution in [0, 0.1) is 0 Å². The van der Waals surface area contributed by atoms with Gasteiger partial charge in [0.2, 0.25) is 0 Å². The molecule has 0 aromatic heterocycles. The molecule has 0 saturated carbocycles. The number of carbonyl (C=O) groups is 1. The van der Waals surface area contributed by atoms with Crippen molar-refractivity contribution < 1.29 is 45.8 Å². The molecule has 0 amide bonds. The van der Waals surface area contributed by atoms with Crippen LogP contribution in [0.25, 0.3) is 0 Å². The first-order valence-electron chi connectivity index (χ1n) is 11.7. The van der Waals surface area contributed by atoms with E-state index in [9.17, 15) is 22.5 Å². The number of ether oxygens (including phenoxy) is 3. The molecule has 0 heterocycles. The Hall–Kier alpha value is -2.55. The van der Waals surface area contributed by atoms with E-state index in [4.69, 9.17) is 23.3 Å². The predicted molar refractivity (Wildman–Crippen MR) is 128 cm³/mol. The number of halogens is 3. The molecule has 0 fully saturated rings. The Morgan fingerprint density at radius 1 is 0.861 bits per heavy atom. The SMILES string of the molecule is CCCCOP(=O)(COC(=O)[C@@H](C)Oc1ccc(Oc2ccc(C(F)(F)F)cc2)cc1)OCCCC. The highest BCUT2D eigenvalue weighted by atomic mass is 31.2. The monoisotopic (exact) mass is 532 g/mol. The smallest absolute Gasteiger partial charge is 0.416 e. The molecule has 1 atom stereocenters. The summed E-state index contributed by atoms with van der Waals surface area (Å²) in [6.45, 7) is 5.90. The van der Waals surface area contributed by atoms with Crippen molar-refractivity contribution in [1.29, 1.82) is 0 Å². The summed E-state index contributed by atoms with van der Waals surface area (Å²) >= 11 is 0. The zero-order valence-corrected chi connectivity index (χ0v) is 21.5. The number of benzene rings is 2. The largest absolute Gasteiger partial charge is 0.479 e. The average molecular weight is 532 g/mol. The Bertz CT molecular complexity index is 965. The number of esters is 1. The van der Waals surface area contributed by atoms with Gasteiger partial charge < -0.3 is 23.3 Å². The van der Waals surface area contributed by atoms with Gasteiger partial charge in [0, 0.05) is 0 Å². The third-order valence-electron chi connectivity index (χ3n) is 4.82. The van der Waals surface area contributed by atoms with Crippen molar-refractivity contribution in [3.05, 3.63) is 54.1 Å². The molecular weight excluding hydrogens is 500 g/mol. The van der Waals surface area contributed by atoms with Crippen molar-refractivity contribution >= 4 is 13.6 Å². The predicted octanol–water partition coefficient (Wildman–Crippen LogP) is 7.59. The molecule has 7 nitrogen and oxygen atoms in total. The summed E-state index contributed by atoms with van der Waals surface area (Å²) < 4.78 is 77.9. The minimum Gasteiger partial charge on any atom is -0.479 e. The Balaban J connectivity index is 1.88. The van der Waals surface area contributed by atoms with Gasteiger partial charge in [0.05, 0.1) is 18.8 Å². The zero-order valence-electron chi connectivity index (χ0n) is 20.6. The molecule has 0 aliphatic heterocycles. The van der Waals surface area contributed by atoms with Crippen molar-refractivity contribution in [1.82, 2.24) is 0 Å². The average Bonchev–Trinajstić information content (AvgIpc) is 2.84. The summed E-state index contributed by atoms with van der Waals surface area (Å²) in [5.41, 5.74) is -0.768. The minimum atomic E-state index is -4.42. The van der Waals surface area contributed by atoms with Gasteiger partial charge in [-0.2, -0.15) is 13.2 Å². The highest BCUT2D eigenvalue weighted by molar-refractivity contribution is 7.53. The molecule has 2 aromatic carbocycles. The van der Waals surface area contributed by atoms with E-state index in [0.717, 1.165) is 25.0 Å². The molecule has 11 heteroatoms. The number of carbonyl (C=O) groups excluding carboxylic acids is 1. The van der Waals surface area contributed by atoms with Crippen molar-refractivity contribution in [3.8, 4) is 17.2 Å². The lowest BCUT2D eigenvalue weighted by atomic mass is 10.2. The third-order valence-corrected chi connectivity index (χ3v) is 6.42. The number of hydrogen-bond donors (Lipinski definition) is 0. The van der Waals surface area contributed by atoms with Crippen LogP contribution in [-0.2, 0) is 29.3 Å². The van der Waals surface area contributed by atoms with Crippen molar-refractivity contribution in [2.45, 2.75) is 58.7 Å². The first kappa shape index (κ1) is 29.7. The summed E-state index contributed by atoms with van der Waals surface area (Å²) in [6.07, 6.45) is -2.82. The fourth-order valence-corrected chi connectivity index (χ4v) is 4.08. The third kappa shape index (κ3) is 10.2. The Kier molecular flexibility index (Phi) is 11.8. The molecular formula is C25H32F3O7P. The van der Waals surface area contributed by atoms with Crippen LogP contribution in [-0.4, -0.2) is 31.6 Å². The summed E-state index contributed by atoms with van der Waals surface area (Å²) in [4.78, 5) is 12.4. The van der Waals surface area contributed by atoms with Crippen LogP contribution in [0.2, 0.25) is 0 Å². The van der Waals surface area contributed by atoms with Crippen LogP contribution in [0.3, 0.4) is 0 Å². The van der Waals surface area contributed by atoms with Gasteiger partial charge in [-0.05, 0) is 68.3 Å². The van der Waals surface area contributed by atoms with Gasteiger partial charge in [-0.15, -0.1) is 0 Å². The summed E-state index contributed by atoms with van der Waals surface area (Å²) in [7, 11) is -3.58. The number of alkyl halides is 3. The lowest BCUT2D eigenvalue weighted by Crippen LogP contribution is -2.26. The highest BCUT2D eigenvalue weighted by Crippen LogP contribution is 2.48. The Morgan fingerprint density at radius 2 is 1.33 bits per heavy atom. The lowest BCUT2D eigenvalue weighted by Gasteiger charge is -2.20. The second-order valence-corrected chi connectivity index (χ2v) is 9.93. The zero-order chi connectivity index (χ0) is 26.6. The fourth-order valence-electron chi connectivity index (χ4n) is 2.75. The van der Waals surface area contributed by atoms with E-state index in [0.29, 0.717) is 24.3 Å². The van der Waals surface area contributed by atoms with Gasteiger partial charge in [0.25, 0.3) is 0 Å². The number of rotatable bonds is 15. The maximum atomic E-state index is 12.9. The molecule has 2 aromatic rings. The maximum absolute atomic E-state index is 12.9. The van der Waals surface area contributed by atoms with Gasteiger partial charge in [-0.3, -0.25) is 4.57 Å². The maximum Gasteiger partial charge on any atom is 0.416 e. The van der Waals surface area contributed by atoms with Crippen molar-refractivity contribution in [2.75, 3.05) is 19.6 Å². The Labute approximate surface area is 209 Å². The normalized spacial score (nSPS) is 12.7. The highest BCUT2D eigenvalue weighted by Gasteiger charge is 2.30. The van der Waals surface area contributed by atoms with Crippen molar-refractivity contribution in [2.24, 2.45) is 0 Å². The van der Waals surface area contributed by atoms with E-state index < -0.39 is 37.8 Å². The molecule has 0 N–H and O–H groups in total. The lowest BCUT2D eigenvalue weighted by molar-refractivity contribution is -0.149. The van der Waals surface area contributed by atoms with Crippen LogP contribution >= 0.6 is 7.60 Å². The quantitative estimate of drug-likeness (QED) is 0.133. The van der Waals surface area contributed by atoms with Crippen LogP contribution in [0.4, 0.5) is 13.2 Å². The molecule has 0 aliphatic carbocycles. The Morgan fingerprint density at radius 3 is 1.81 bits per heavy atom. The molecule has 0 unspecified atom stereocenters. The standard InChI is InChI=1S/C25H32F3O7P/c1-4-6-16-32-36(30,33-17-7-5-2)18-31-24(29)19(3)34-21-12-14-23(15-13-21)35-22-10-8-20(9-11-22)25(26,27)28/h8-15,19H,4-7,16-18H2,1-3H3/t19-/m1/s1. The first-order chi connectivity index (χ1) is 17.1. The fraction of sp³-hybridized carbons (Fsp3) is 0.480. The summed E-state index contributed by atoms with van der Waals surface area (Å²) in [6, 6.07) is 10.5. The molecule has 0 saturated heterocycles. The molecule has 36 heavy (non-hydrogen) atoms. The second kappa shape index (κ2) is 14.3. The van der Waals surface area contributed by atoms with Gasteiger partial charge >= 0.3 is 19.7 Å². The van der Waals surface area contributed by atoms with E-state index in [-0.39, 0.29) is 19.0 Å². The van der Waals surface area contributed by atoms with Crippen LogP contribution in [0.15, 0.2) is 48.5 Å². The molecule has 200 valence electrons. The van der Waals surface area contributed by atoms with Gasteiger partial charge in [-0.1, -0.05) is 26.7 Å². The van der Waals surface area contributed by atoms with Gasteiger partial charge in [-0.25, -0.2) is 4.79 Å². The second-order valence-electron chi connectivity index (χ2n) is 7.93. The van der Waals surface area contributed by atoms with Crippen LogP contribution in [0.1, 0.15) is 52.0 Å². The summed E-state index contributed by atoms with van der Waals surface area (Å²) in [5.74, 6) is 0.200. The van der Waals surface area contributed by atoms with Gasteiger partial charge in [0.1, 0.15) is 17.2 Å². The van der Waals surface area contributed by atoms with E-state index in [1.54, 1.807) is 12.1 Å². The molecule has 0 spiro atoms. The molecule has 0 aliphatic rings. The molecule has 0 radical (unpaired) electrons. The van der Waals surface area contributed by atoms with E-state index >= 15 is 0 Å². The van der Waals surface area contributed by atoms with Crippen LogP contribution < -0.4 is 9.47 Å². The van der Waals surface area contributed by atoms with Gasteiger partial charge in [0.15, 0.2) is 12.5 Å². The molecule has 2 rings (SSSR count). The minimum absolute atomic E-state index is 0.236. The molecule has 0 bridgehead atoms.